The number of halogens is 2. The number of hydrogen-bond donors (Lipinski definition) is 0. The number of hydrogen-bond acceptors (Lipinski definition) is 4. The molecule has 0 radical (unpaired) electrons. The molecular formula is C15H14Cl2N2O4. The van der Waals surface area contributed by atoms with E-state index in [1.165, 1.54) is 12.1 Å². The third-order valence-electron chi connectivity index (χ3n) is 3.90. The van der Waals surface area contributed by atoms with Crippen molar-refractivity contribution in [3.05, 3.63) is 33.3 Å². The highest BCUT2D eigenvalue weighted by molar-refractivity contribution is 6.43. The monoisotopic (exact) mass is 356 g/mol. The van der Waals surface area contributed by atoms with Crippen molar-refractivity contribution in [3.63, 3.8) is 0 Å². The second-order valence-corrected chi connectivity index (χ2v) is 6.34. The van der Waals surface area contributed by atoms with Gasteiger partial charge in [0.1, 0.15) is 6.54 Å². The summed E-state index contributed by atoms with van der Waals surface area (Å²) in [5, 5.41) is 0.392. The van der Waals surface area contributed by atoms with Gasteiger partial charge in [0, 0.05) is 13.1 Å². The summed E-state index contributed by atoms with van der Waals surface area (Å²) in [5.74, 6) is -1.34. The molecule has 2 aliphatic rings. The molecule has 0 aromatic heterocycles. The normalized spacial score (nSPS) is 20.9. The van der Waals surface area contributed by atoms with Crippen LogP contribution in [-0.2, 0) is 9.53 Å². The summed E-state index contributed by atoms with van der Waals surface area (Å²) >= 11 is 11.8. The van der Waals surface area contributed by atoms with Crippen LogP contribution >= 0.6 is 23.2 Å². The maximum atomic E-state index is 12.4. The van der Waals surface area contributed by atoms with Crippen LogP contribution in [0.1, 0.15) is 27.6 Å². The van der Waals surface area contributed by atoms with Crippen LogP contribution in [0.5, 0.6) is 0 Å². The largest absolute Gasteiger partial charge is 0.375 e. The molecule has 3 rings (SSSR count). The molecule has 0 saturated carbocycles. The first kappa shape index (κ1) is 16.2. The van der Waals surface area contributed by atoms with E-state index >= 15 is 0 Å². The molecule has 2 aliphatic heterocycles. The molecule has 23 heavy (non-hydrogen) atoms. The fourth-order valence-corrected chi connectivity index (χ4v) is 3.03. The Balaban J connectivity index is 1.78. The Hall–Kier alpha value is -1.63. The molecule has 1 unspecified atom stereocenters. The zero-order valence-corrected chi connectivity index (χ0v) is 13.9. The van der Waals surface area contributed by atoms with E-state index in [2.05, 4.69) is 0 Å². The third kappa shape index (κ3) is 2.94. The molecular weight excluding hydrogens is 343 g/mol. The van der Waals surface area contributed by atoms with E-state index < -0.39 is 11.8 Å². The summed E-state index contributed by atoms with van der Waals surface area (Å²) in [4.78, 5) is 39.6. The number of morpholine rings is 1. The van der Waals surface area contributed by atoms with Crippen LogP contribution in [0.2, 0.25) is 10.0 Å². The molecule has 0 aliphatic carbocycles. The van der Waals surface area contributed by atoms with Crippen molar-refractivity contribution in [2.24, 2.45) is 0 Å². The van der Waals surface area contributed by atoms with Crippen molar-refractivity contribution >= 4 is 40.9 Å². The molecule has 122 valence electrons. The molecule has 1 aromatic rings. The van der Waals surface area contributed by atoms with Gasteiger partial charge in [-0.05, 0) is 19.1 Å². The van der Waals surface area contributed by atoms with E-state index in [1.807, 2.05) is 6.92 Å². The van der Waals surface area contributed by atoms with Crippen molar-refractivity contribution in [2.45, 2.75) is 13.0 Å². The van der Waals surface area contributed by atoms with Gasteiger partial charge in [0.2, 0.25) is 5.91 Å². The lowest BCUT2D eigenvalue weighted by molar-refractivity contribution is -0.138. The number of ether oxygens (including phenoxy) is 1. The Labute approximate surface area is 142 Å². The first-order valence-corrected chi connectivity index (χ1v) is 7.88. The number of rotatable bonds is 2. The van der Waals surface area contributed by atoms with Gasteiger partial charge in [-0.25, -0.2) is 0 Å². The number of fused-ring (bicyclic) bond motifs is 1. The van der Waals surface area contributed by atoms with Gasteiger partial charge < -0.3 is 9.64 Å². The summed E-state index contributed by atoms with van der Waals surface area (Å²) in [6.07, 6.45) is -0.0625. The molecule has 1 aromatic carbocycles. The van der Waals surface area contributed by atoms with Gasteiger partial charge in [0.25, 0.3) is 11.8 Å². The Morgan fingerprint density at radius 1 is 1.22 bits per heavy atom. The molecule has 2 heterocycles. The zero-order valence-electron chi connectivity index (χ0n) is 12.3. The number of amides is 3. The summed E-state index contributed by atoms with van der Waals surface area (Å²) in [5.41, 5.74) is 0.347. The van der Waals surface area contributed by atoms with Gasteiger partial charge >= 0.3 is 0 Å². The van der Waals surface area contributed by atoms with Crippen LogP contribution in [0.25, 0.3) is 0 Å². The minimum Gasteiger partial charge on any atom is -0.375 e. The second kappa shape index (κ2) is 6.11. The molecule has 1 fully saturated rings. The molecule has 1 saturated heterocycles. The summed E-state index contributed by atoms with van der Waals surface area (Å²) in [6.45, 7) is 2.91. The Morgan fingerprint density at radius 2 is 1.78 bits per heavy atom. The number of carbonyl (C=O) groups is 3. The SMILES string of the molecule is CC1CN(C(=O)CN2C(=O)c3cc(Cl)c(Cl)cc3C2=O)CCO1. The summed E-state index contributed by atoms with van der Waals surface area (Å²) in [6, 6.07) is 2.72. The van der Waals surface area contributed by atoms with Gasteiger partial charge in [-0.15, -0.1) is 0 Å². The minimum absolute atomic E-state index is 0.0625. The van der Waals surface area contributed by atoms with E-state index in [-0.39, 0.29) is 39.7 Å². The quantitative estimate of drug-likeness (QED) is 0.758. The first-order chi connectivity index (χ1) is 10.9. The van der Waals surface area contributed by atoms with Gasteiger partial charge in [-0.2, -0.15) is 0 Å². The standard InChI is InChI=1S/C15H14Cl2N2O4/c1-8-6-18(2-3-23-8)13(20)7-19-14(21)9-4-11(16)12(17)5-10(9)15(19)22/h4-5,8H,2-3,6-7H2,1H3. The van der Waals surface area contributed by atoms with Gasteiger partial charge in [0.15, 0.2) is 0 Å². The van der Waals surface area contributed by atoms with Crippen LogP contribution in [0.4, 0.5) is 0 Å². The lowest BCUT2D eigenvalue weighted by Crippen LogP contribution is -2.49. The van der Waals surface area contributed by atoms with Crippen LogP contribution in [-0.4, -0.2) is 59.9 Å². The lowest BCUT2D eigenvalue weighted by atomic mass is 10.1. The average molecular weight is 357 g/mol. The molecule has 0 spiro atoms. The molecule has 1 atom stereocenters. The Morgan fingerprint density at radius 3 is 2.30 bits per heavy atom. The highest BCUT2D eigenvalue weighted by atomic mass is 35.5. The number of nitrogens with zero attached hydrogens (tertiary/aromatic N) is 2. The highest BCUT2D eigenvalue weighted by Crippen LogP contribution is 2.31. The molecule has 8 heteroatoms. The maximum Gasteiger partial charge on any atom is 0.262 e. The first-order valence-electron chi connectivity index (χ1n) is 7.13. The molecule has 3 amide bonds. The fourth-order valence-electron chi connectivity index (χ4n) is 2.71. The number of imide groups is 1. The Bertz CT molecular complexity index is 666. The molecule has 0 N–H and O–H groups in total. The molecule has 0 bridgehead atoms. The van der Waals surface area contributed by atoms with E-state index in [0.717, 1.165) is 4.90 Å². The van der Waals surface area contributed by atoms with Crippen molar-refractivity contribution in [2.75, 3.05) is 26.2 Å². The average Bonchev–Trinajstić information content (AvgIpc) is 2.73. The number of benzene rings is 1. The second-order valence-electron chi connectivity index (χ2n) is 5.53. The smallest absolute Gasteiger partial charge is 0.262 e. The Kier molecular flexibility index (Phi) is 4.31. The summed E-state index contributed by atoms with van der Waals surface area (Å²) in [7, 11) is 0. The van der Waals surface area contributed by atoms with Crippen LogP contribution < -0.4 is 0 Å². The van der Waals surface area contributed by atoms with Gasteiger partial charge in [0.05, 0.1) is 33.9 Å². The summed E-state index contributed by atoms with van der Waals surface area (Å²) < 4.78 is 5.38. The van der Waals surface area contributed by atoms with E-state index in [1.54, 1.807) is 4.90 Å². The fraction of sp³-hybridized carbons (Fsp3) is 0.400. The topological polar surface area (TPSA) is 66.9 Å². The zero-order chi connectivity index (χ0) is 16.7. The van der Waals surface area contributed by atoms with Crippen LogP contribution in [0.15, 0.2) is 12.1 Å². The molecule has 6 nitrogen and oxygen atoms in total. The predicted octanol–water partition coefficient (Wildman–Crippen LogP) is 1.84. The van der Waals surface area contributed by atoms with Crippen molar-refractivity contribution in [1.29, 1.82) is 0 Å². The highest BCUT2D eigenvalue weighted by Gasteiger charge is 2.38. The van der Waals surface area contributed by atoms with Crippen molar-refractivity contribution in [3.8, 4) is 0 Å². The maximum absolute atomic E-state index is 12.4. The lowest BCUT2D eigenvalue weighted by Gasteiger charge is -2.32. The number of carbonyl (C=O) groups excluding carboxylic acids is 3. The predicted molar refractivity (Wildman–Crippen MR) is 83.8 cm³/mol. The van der Waals surface area contributed by atoms with E-state index in [0.29, 0.717) is 19.7 Å². The van der Waals surface area contributed by atoms with Crippen LogP contribution in [0.3, 0.4) is 0 Å². The van der Waals surface area contributed by atoms with Crippen molar-refractivity contribution < 1.29 is 19.1 Å². The van der Waals surface area contributed by atoms with Crippen molar-refractivity contribution in [1.82, 2.24) is 9.80 Å². The van der Waals surface area contributed by atoms with E-state index in [9.17, 15) is 14.4 Å². The van der Waals surface area contributed by atoms with E-state index in [4.69, 9.17) is 27.9 Å². The van der Waals surface area contributed by atoms with Crippen LogP contribution in [0, 0.1) is 0 Å². The minimum atomic E-state index is -0.529. The van der Waals surface area contributed by atoms with Gasteiger partial charge in [-0.3, -0.25) is 19.3 Å². The van der Waals surface area contributed by atoms with Gasteiger partial charge in [-0.1, -0.05) is 23.2 Å². The third-order valence-corrected chi connectivity index (χ3v) is 4.62.